The molecule has 0 bridgehead atoms. The van der Waals surface area contributed by atoms with E-state index < -0.39 is 27.7 Å². The van der Waals surface area contributed by atoms with Gasteiger partial charge in [-0.15, -0.1) is 0 Å². The van der Waals surface area contributed by atoms with Gasteiger partial charge in [0.15, 0.2) is 0 Å². The van der Waals surface area contributed by atoms with E-state index in [1.165, 1.54) is 0 Å². The van der Waals surface area contributed by atoms with Gasteiger partial charge in [-0.1, -0.05) is 29.3 Å². The Balaban J connectivity index is 2.62. The zero-order valence-corrected chi connectivity index (χ0v) is 13.3. The highest BCUT2D eigenvalue weighted by Crippen LogP contribution is 2.25. The lowest BCUT2D eigenvalue weighted by atomic mass is 10.2. The van der Waals surface area contributed by atoms with Crippen LogP contribution in [0.15, 0.2) is 35.3 Å². The number of methoxy groups -OCH3 is 1. The van der Waals surface area contributed by atoms with Crippen molar-refractivity contribution >= 4 is 34.9 Å². The van der Waals surface area contributed by atoms with E-state index in [1.807, 2.05) is 0 Å². The van der Waals surface area contributed by atoms with E-state index in [2.05, 4.69) is 4.74 Å². The third kappa shape index (κ3) is 3.52. The van der Waals surface area contributed by atoms with Gasteiger partial charge in [0.1, 0.15) is 5.56 Å². The van der Waals surface area contributed by atoms with Crippen molar-refractivity contribution in [3.63, 3.8) is 0 Å². The summed E-state index contributed by atoms with van der Waals surface area (Å²) in [5.41, 5.74) is -1.19. The van der Waals surface area contributed by atoms with Gasteiger partial charge in [0.05, 0.1) is 24.8 Å². The van der Waals surface area contributed by atoms with Crippen molar-refractivity contribution in [3.05, 3.63) is 72.1 Å². The molecule has 2 aromatic rings. The van der Waals surface area contributed by atoms with Gasteiger partial charge >= 0.3 is 5.97 Å². The monoisotopic (exact) mass is 356 g/mol. The third-order valence-corrected chi connectivity index (χ3v) is 3.79. The maximum atomic E-state index is 12.3. The van der Waals surface area contributed by atoms with Crippen molar-refractivity contribution in [1.29, 1.82) is 0 Å². The maximum Gasteiger partial charge on any atom is 0.343 e. The molecule has 0 saturated carbocycles. The fraction of sp³-hybridized carbons (Fsp3) is 0.143. The molecule has 0 amide bonds. The largest absolute Gasteiger partial charge is 0.465 e. The van der Waals surface area contributed by atoms with Crippen LogP contribution in [0.3, 0.4) is 0 Å². The van der Waals surface area contributed by atoms with Gasteiger partial charge in [-0.3, -0.25) is 14.9 Å². The van der Waals surface area contributed by atoms with Crippen LogP contribution in [0.2, 0.25) is 10.0 Å². The number of halogens is 2. The molecule has 0 aliphatic carbocycles. The predicted molar refractivity (Wildman–Crippen MR) is 84.3 cm³/mol. The second kappa shape index (κ2) is 6.80. The van der Waals surface area contributed by atoms with E-state index in [9.17, 15) is 19.7 Å². The molecule has 9 heteroatoms. The average molecular weight is 357 g/mol. The summed E-state index contributed by atoms with van der Waals surface area (Å²) in [7, 11) is 1.08. The molecule has 0 atom stereocenters. The fourth-order valence-electron chi connectivity index (χ4n) is 1.95. The number of esters is 1. The van der Waals surface area contributed by atoms with Crippen molar-refractivity contribution in [2.75, 3.05) is 7.11 Å². The molecule has 7 nitrogen and oxygen atoms in total. The first-order valence-corrected chi connectivity index (χ1v) is 7.00. The summed E-state index contributed by atoms with van der Waals surface area (Å²) in [5, 5.41) is 11.6. The lowest BCUT2D eigenvalue weighted by Crippen LogP contribution is -2.27. The zero-order chi connectivity index (χ0) is 17.1. The molecule has 0 radical (unpaired) electrons. The van der Waals surface area contributed by atoms with E-state index >= 15 is 0 Å². The summed E-state index contributed by atoms with van der Waals surface area (Å²) in [5.74, 6) is -0.960. The third-order valence-electron chi connectivity index (χ3n) is 3.08. The van der Waals surface area contributed by atoms with Gasteiger partial charge < -0.3 is 9.30 Å². The fourth-order valence-corrected chi connectivity index (χ4v) is 2.46. The molecule has 0 unspecified atom stereocenters. The Bertz CT molecular complexity index is 827. The Hall–Kier alpha value is -2.38. The molecule has 120 valence electrons. The van der Waals surface area contributed by atoms with Crippen LogP contribution in [0.25, 0.3) is 0 Å². The number of ether oxygens (including phenoxy) is 1. The molecule has 0 saturated heterocycles. The first-order valence-electron chi connectivity index (χ1n) is 6.25. The lowest BCUT2D eigenvalue weighted by molar-refractivity contribution is -0.385. The van der Waals surface area contributed by atoms with Crippen LogP contribution < -0.4 is 5.56 Å². The van der Waals surface area contributed by atoms with E-state index in [-0.39, 0.29) is 6.54 Å². The maximum absolute atomic E-state index is 12.3. The SMILES string of the molecule is COC(=O)c1cc([N+](=O)[O-])cn(Cc2c(Cl)cccc2Cl)c1=O. The summed E-state index contributed by atoms with van der Waals surface area (Å²) in [6.45, 7) is -0.122. The number of nitrogens with zero attached hydrogens (tertiary/aromatic N) is 2. The average Bonchev–Trinajstić information content (AvgIpc) is 2.51. The number of pyridine rings is 1. The van der Waals surface area contributed by atoms with E-state index in [0.717, 1.165) is 23.9 Å². The smallest absolute Gasteiger partial charge is 0.343 e. The molecule has 0 N–H and O–H groups in total. The summed E-state index contributed by atoms with van der Waals surface area (Å²) in [6.07, 6.45) is 1.02. The van der Waals surface area contributed by atoms with E-state index in [0.29, 0.717) is 15.6 Å². The summed E-state index contributed by atoms with van der Waals surface area (Å²) in [4.78, 5) is 34.2. The second-order valence-corrected chi connectivity index (χ2v) is 5.31. The minimum Gasteiger partial charge on any atom is -0.465 e. The Morgan fingerprint density at radius 2 is 1.96 bits per heavy atom. The van der Waals surface area contributed by atoms with Crippen LogP contribution in [-0.4, -0.2) is 22.6 Å². The Labute approximate surface area is 140 Å². The van der Waals surface area contributed by atoms with Crippen LogP contribution in [0.1, 0.15) is 15.9 Å². The molecule has 23 heavy (non-hydrogen) atoms. The van der Waals surface area contributed by atoms with Gasteiger partial charge in [0.2, 0.25) is 0 Å². The van der Waals surface area contributed by atoms with Gasteiger partial charge in [0.25, 0.3) is 11.2 Å². The number of aromatic nitrogens is 1. The van der Waals surface area contributed by atoms with Gasteiger partial charge in [-0.25, -0.2) is 4.79 Å². The molecule has 0 fully saturated rings. The lowest BCUT2D eigenvalue weighted by Gasteiger charge is -2.10. The highest BCUT2D eigenvalue weighted by Gasteiger charge is 2.20. The van der Waals surface area contributed by atoms with Crippen LogP contribution in [0, 0.1) is 10.1 Å². The molecule has 0 aliphatic rings. The molecular weight excluding hydrogens is 347 g/mol. The molecule has 1 aromatic heterocycles. The molecule has 0 spiro atoms. The summed E-state index contributed by atoms with van der Waals surface area (Å²) >= 11 is 12.1. The zero-order valence-electron chi connectivity index (χ0n) is 11.8. The standard InChI is InChI=1S/C14H10Cl2N2O5/c1-23-14(20)9-5-8(18(21)22)6-17(13(9)19)7-10-11(15)3-2-4-12(10)16/h2-6H,7H2,1H3. The van der Waals surface area contributed by atoms with E-state index in [1.54, 1.807) is 18.2 Å². The minimum absolute atomic E-state index is 0.122. The molecule has 1 aromatic carbocycles. The van der Waals surface area contributed by atoms with Crippen molar-refractivity contribution in [1.82, 2.24) is 4.57 Å². The number of hydrogen-bond acceptors (Lipinski definition) is 5. The van der Waals surface area contributed by atoms with Gasteiger partial charge in [-0.05, 0) is 12.1 Å². The van der Waals surface area contributed by atoms with Crippen LogP contribution >= 0.6 is 23.2 Å². The highest BCUT2D eigenvalue weighted by atomic mass is 35.5. The Kier molecular flexibility index (Phi) is 5.02. The van der Waals surface area contributed by atoms with Gasteiger partial charge in [-0.2, -0.15) is 0 Å². The first-order chi connectivity index (χ1) is 10.8. The quantitative estimate of drug-likeness (QED) is 0.477. The Morgan fingerprint density at radius 3 is 2.48 bits per heavy atom. The number of benzene rings is 1. The number of carbonyl (C=O) groups excluding carboxylic acids is 1. The van der Waals surface area contributed by atoms with Gasteiger partial charge in [0, 0.05) is 21.7 Å². The summed E-state index contributed by atoms with van der Waals surface area (Å²) in [6, 6.07) is 5.65. The van der Waals surface area contributed by atoms with Crippen molar-refractivity contribution in [2.24, 2.45) is 0 Å². The van der Waals surface area contributed by atoms with Crippen molar-refractivity contribution in [2.45, 2.75) is 6.54 Å². The number of carbonyl (C=O) groups is 1. The van der Waals surface area contributed by atoms with Crippen molar-refractivity contribution < 1.29 is 14.5 Å². The normalized spacial score (nSPS) is 10.4. The second-order valence-electron chi connectivity index (χ2n) is 4.49. The highest BCUT2D eigenvalue weighted by molar-refractivity contribution is 6.35. The van der Waals surface area contributed by atoms with Crippen LogP contribution in [0.4, 0.5) is 5.69 Å². The first kappa shape index (κ1) is 17.0. The van der Waals surface area contributed by atoms with Crippen LogP contribution in [-0.2, 0) is 11.3 Å². The molecular formula is C14H10Cl2N2O5. The topological polar surface area (TPSA) is 91.4 Å². The number of nitro groups is 1. The molecule has 1 heterocycles. The Morgan fingerprint density at radius 1 is 1.35 bits per heavy atom. The number of hydrogen-bond donors (Lipinski definition) is 0. The number of rotatable bonds is 4. The van der Waals surface area contributed by atoms with E-state index in [4.69, 9.17) is 23.2 Å². The van der Waals surface area contributed by atoms with Crippen LogP contribution in [0.5, 0.6) is 0 Å². The minimum atomic E-state index is -0.960. The predicted octanol–water partition coefficient (Wildman–Crippen LogP) is 2.90. The summed E-state index contributed by atoms with van der Waals surface area (Å²) < 4.78 is 5.48. The van der Waals surface area contributed by atoms with Crippen molar-refractivity contribution in [3.8, 4) is 0 Å². The molecule has 2 rings (SSSR count). The molecule has 0 aliphatic heterocycles.